The van der Waals surface area contributed by atoms with E-state index in [2.05, 4.69) is 0 Å². The number of hydrogen-bond acceptors (Lipinski definition) is 8. The second-order valence-corrected chi connectivity index (χ2v) is 2.45. The molecule has 0 radical (unpaired) electrons. The second kappa shape index (κ2) is 76.1. The third-order valence-corrected chi connectivity index (χ3v) is 0. The average Bonchev–Trinajstić information content (AvgIpc) is 1.12. The maximum Gasteiger partial charge on any atom is 2.00 e. The summed E-state index contributed by atoms with van der Waals surface area (Å²) in [5, 5.41) is 0. The molecular formula is H36O20S2Zn2+12. The predicted molar refractivity (Wildman–Crippen MR) is 79.4 cm³/mol. The van der Waals surface area contributed by atoms with E-state index in [4.69, 9.17) is 35.0 Å². The topological polar surface area (TPSA) is 557 Å². The largest absolute Gasteiger partial charge is 2.00 e. The molecule has 0 bridgehead atoms. The Hall–Kier alpha value is 0.507. The maximum absolute atomic E-state index is 8.52. The van der Waals surface area contributed by atoms with Crippen molar-refractivity contribution in [2.75, 3.05) is 0 Å². The van der Waals surface area contributed by atoms with Gasteiger partial charge in [0.15, 0.2) is 0 Å². The van der Waals surface area contributed by atoms with E-state index in [1.807, 2.05) is 0 Å². The van der Waals surface area contributed by atoms with Gasteiger partial charge in [-0.1, -0.05) is 0 Å². The molecule has 0 unspecified atom stereocenters. The SMILES string of the molecule is O=S(=O)([O-])[O-].O=S(=O)([O-])[O-].[OH3+].[OH3+].[OH3+].[OH3+].[OH3+].[OH3+].[OH3+].[OH3+].[OH3+].[OH3+].[OH3+].[OH3+].[Zn+2].[Zn+2]. The molecule has 0 aliphatic heterocycles. The fourth-order valence-electron chi connectivity index (χ4n) is 0. The molecule has 20 nitrogen and oxygen atoms in total. The molecule has 160 valence electrons. The Balaban J connectivity index is -0.00000000241. The van der Waals surface area contributed by atoms with E-state index in [-0.39, 0.29) is 105 Å². The van der Waals surface area contributed by atoms with Gasteiger partial charge in [-0.05, 0) is 0 Å². The van der Waals surface area contributed by atoms with Crippen molar-refractivity contribution < 1.29 is 140 Å². The van der Waals surface area contributed by atoms with E-state index in [0.717, 1.165) is 0 Å². The summed E-state index contributed by atoms with van der Waals surface area (Å²) in [4.78, 5) is 0. The van der Waals surface area contributed by atoms with Crippen LogP contribution in [0.25, 0.3) is 0 Å². The van der Waals surface area contributed by atoms with Gasteiger partial charge in [-0.25, -0.2) is 0 Å². The van der Waals surface area contributed by atoms with E-state index in [9.17, 15) is 0 Å². The minimum Gasteiger partial charge on any atom is -0.759 e. The number of hydrogen-bond donors (Lipinski definition) is 0. The van der Waals surface area contributed by atoms with Crippen LogP contribution < -0.4 is 0 Å². The average molecular weight is 551 g/mol. The molecule has 0 fully saturated rings. The van der Waals surface area contributed by atoms with E-state index < -0.39 is 20.8 Å². The van der Waals surface area contributed by atoms with Crippen LogP contribution in [-0.2, 0) is 125 Å². The molecule has 0 rings (SSSR count). The first-order chi connectivity index (χ1) is 4.00. The van der Waals surface area contributed by atoms with Gasteiger partial charge in [0, 0.05) is 20.8 Å². The minimum atomic E-state index is -5.17. The van der Waals surface area contributed by atoms with Gasteiger partial charge in [0.25, 0.3) is 0 Å². The Kier molecular flexibility index (Phi) is 594. The van der Waals surface area contributed by atoms with Crippen molar-refractivity contribution in [1.29, 1.82) is 0 Å². The van der Waals surface area contributed by atoms with E-state index in [1.54, 1.807) is 0 Å². The van der Waals surface area contributed by atoms with Crippen LogP contribution in [0.1, 0.15) is 0 Å². The standard InChI is InChI=1S/2H2O4S.12H2O.2Zn/c2*1-5(2,3)4;;;;;;;;;;;;;;/h2*(H2,1,2,3,4);12*1H2;;/q;;;;;;;;;;;;;;2*+2/p+8. The van der Waals surface area contributed by atoms with Crippen molar-refractivity contribution >= 4 is 20.8 Å². The van der Waals surface area contributed by atoms with Crippen LogP contribution in [0.15, 0.2) is 0 Å². The molecule has 0 aliphatic carbocycles. The van der Waals surface area contributed by atoms with Gasteiger partial charge >= 0.3 is 39.0 Å². The zero-order valence-electron chi connectivity index (χ0n) is 12.4. The summed E-state index contributed by atoms with van der Waals surface area (Å²) >= 11 is 0. The zero-order chi connectivity index (χ0) is 9.00. The van der Waals surface area contributed by atoms with Crippen molar-refractivity contribution in [3.63, 3.8) is 0 Å². The third kappa shape index (κ3) is 40500. The summed E-state index contributed by atoms with van der Waals surface area (Å²) in [6, 6.07) is 0. The fourth-order valence-corrected chi connectivity index (χ4v) is 0. The van der Waals surface area contributed by atoms with Crippen LogP contribution in [0.2, 0.25) is 0 Å². The first kappa shape index (κ1) is 187. The Morgan fingerprint density at radius 3 is 0.333 bits per heavy atom. The molecule has 0 amide bonds. The Bertz CT molecular complexity index is 216. The van der Waals surface area contributed by atoms with E-state index in [0.29, 0.717) is 0 Å². The molecule has 0 aliphatic rings. The van der Waals surface area contributed by atoms with Crippen LogP contribution in [0, 0.1) is 0 Å². The minimum absolute atomic E-state index is 0. The quantitative estimate of drug-likeness (QED) is 0.120. The van der Waals surface area contributed by atoms with E-state index >= 15 is 0 Å². The van der Waals surface area contributed by atoms with E-state index in [1.165, 1.54) is 0 Å². The van der Waals surface area contributed by atoms with Gasteiger partial charge in [-0.3, -0.25) is 16.8 Å². The van der Waals surface area contributed by atoms with Gasteiger partial charge in [0.2, 0.25) is 0 Å². The molecule has 0 atom stereocenters. The molecule has 0 saturated heterocycles. The molecule has 24 heavy (non-hydrogen) atoms. The van der Waals surface area contributed by atoms with Gasteiger partial charge < -0.3 is 83.9 Å². The Labute approximate surface area is 160 Å². The normalized spacial score (nSPS) is 4.83. The molecule has 0 saturated carbocycles. The van der Waals surface area contributed by atoms with Crippen molar-refractivity contribution in [2.45, 2.75) is 0 Å². The van der Waals surface area contributed by atoms with Crippen molar-refractivity contribution in [3.8, 4) is 0 Å². The molecule has 0 aromatic heterocycles. The summed E-state index contributed by atoms with van der Waals surface area (Å²) in [6.45, 7) is 0. The summed E-state index contributed by atoms with van der Waals surface area (Å²) < 4.78 is 68.2. The molecule has 24 heteroatoms. The van der Waals surface area contributed by atoms with Gasteiger partial charge in [-0.2, -0.15) is 0 Å². The maximum atomic E-state index is 8.52. The molecule has 36 N–H and O–H groups in total. The fraction of sp³-hybridized carbons (Fsp3) is 0. The summed E-state index contributed by atoms with van der Waals surface area (Å²) in [7, 11) is -10.3. The van der Waals surface area contributed by atoms with Crippen molar-refractivity contribution in [1.82, 2.24) is 0 Å². The molecule has 0 aromatic rings. The van der Waals surface area contributed by atoms with Gasteiger partial charge in [0.1, 0.15) is 0 Å². The molecule has 0 aromatic carbocycles. The summed E-state index contributed by atoms with van der Waals surface area (Å²) in [5.74, 6) is 0. The van der Waals surface area contributed by atoms with Crippen LogP contribution in [0.3, 0.4) is 0 Å². The van der Waals surface area contributed by atoms with Crippen LogP contribution in [0.4, 0.5) is 0 Å². The number of rotatable bonds is 0. The molecule has 0 heterocycles. The van der Waals surface area contributed by atoms with Crippen LogP contribution >= 0.6 is 0 Å². The molecular weight excluding hydrogens is 515 g/mol. The first-order valence-corrected chi connectivity index (χ1v) is 4.00. The second-order valence-electron chi connectivity index (χ2n) is 0.816. The Morgan fingerprint density at radius 1 is 0.333 bits per heavy atom. The van der Waals surface area contributed by atoms with Crippen molar-refractivity contribution in [2.24, 2.45) is 0 Å². The van der Waals surface area contributed by atoms with Gasteiger partial charge in [-0.15, -0.1) is 0 Å². The smallest absolute Gasteiger partial charge is 0.759 e. The zero-order valence-corrected chi connectivity index (χ0v) is 20.0. The third-order valence-electron chi connectivity index (χ3n) is 0. The van der Waals surface area contributed by atoms with Crippen LogP contribution in [0.5, 0.6) is 0 Å². The predicted octanol–water partition coefficient (Wildman–Crippen LogP) is -13.7. The van der Waals surface area contributed by atoms with Gasteiger partial charge in [0.05, 0.1) is 0 Å². The summed E-state index contributed by atoms with van der Waals surface area (Å²) in [6.07, 6.45) is 0. The Morgan fingerprint density at radius 2 is 0.333 bits per heavy atom. The summed E-state index contributed by atoms with van der Waals surface area (Å²) in [5.41, 5.74) is 0. The molecule has 0 spiro atoms. The van der Waals surface area contributed by atoms with Crippen LogP contribution in [-0.4, -0.2) is 35.0 Å². The van der Waals surface area contributed by atoms with Crippen molar-refractivity contribution in [3.05, 3.63) is 0 Å². The monoisotopic (exact) mass is 548 g/mol. The first-order valence-electron chi connectivity index (χ1n) is 1.33.